The molecule has 0 unspecified atom stereocenters. The fraction of sp³-hybridized carbons (Fsp3) is 0.400. The van der Waals surface area contributed by atoms with Gasteiger partial charge in [-0.15, -0.1) is 0 Å². The summed E-state index contributed by atoms with van der Waals surface area (Å²) >= 11 is 26.8. The molecular weight excluding hydrogens is 638 g/mol. The monoisotopic (exact) mass is 666 g/mol. The summed E-state index contributed by atoms with van der Waals surface area (Å²) in [5, 5.41) is 9.56. The SMILES string of the molecule is Cc1cc(Cl)c(OCCOc2ncc(C3=C(C(=O)N(Cc4cccc(Cl)c4Cl)C4CC4)[C@H]4CNC[C@@H](C3)N4)s2)c(Cl)c1. The molecule has 0 spiro atoms. The van der Waals surface area contributed by atoms with E-state index in [-0.39, 0.29) is 37.2 Å². The first-order valence-electron chi connectivity index (χ1n) is 13.9. The number of fused-ring (bicyclic) bond motifs is 2. The van der Waals surface area contributed by atoms with Gasteiger partial charge in [0.1, 0.15) is 13.2 Å². The van der Waals surface area contributed by atoms with Gasteiger partial charge in [0.05, 0.1) is 31.0 Å². The van der Waals surface area contributed by atoms with Crippen LogP contribution in [-0.2, 0) is 11.3 Å². The summed E-state index contributed by atoms with van der Waals surface area (Å²) in [5.41, 5.74) is 3.62. The minimum Gasteiger partial charge on any atom is -0.487 e. The van der Waals surface area contributed by atoms with Gasteiger partial charge in [-0.1, -0.05) is 69.9 Å². The minimum atomic E-state index is -0.0973. The number of nitrogens with one attached hydrogen (secondary N) is 2. The highest BCUT2D eigenvalue weighted by molar-refractivity contribution is 7.14. The fourth-order valence-corrected chi connectivity index (χ4v) is 7.47. The third-order valence-electron chi connectivity index (χ3n) is 7.63. The van der Waals surface area contributed by atoms with Crippen LogP contribution in [0.1, 0.15) is 35.3 Å². The number of hydrogen-bond donors (Lipinski definition) is 2. The Balaban J connectivity index is 1.21. The predicted molar refractivity (Wildman–Crippen MR) is 169 cm³/mol. The highest BCUT2D eigenvalue weighted by Gasteiger charge is 2.41. The topological polar surface area (TPSA) is 75.7 Å². The van der Waals surface area contributed by atoms with E-state index in [2.05, 4.69) is 15.6 Å². The van der Waals surface area contributed by atoms with Gasteiger partial charge in [0, 0.05) is 43.5 Å². The van der Waals surface area contributed by atoms with E-state index >= 15 is 0 Å². The lowest BCUT2D eigenvalue weighted by Gasteiger charge is -2.40. The zero-order valence-electron chi connectivity index (χ0n) is 22.9. The van der Waals surface area contributed by atoms with E-state index in [1.54, 1.807) is 24.4 Å². The van der Waals surface area contributed by atoms with Gasteiger partial charge >= 0.3 is 0 Å². The number of rotatable bonds is 10. The largest absolute Gasteiger partial charge is 0.487 e. The summed E-state index contributed by atoms with van der Waals surface area (Å²) in [4.78, 5) is 21.7. The molecule has 1 saturated carbocycles. The zero-order chi connectivity index (χ0) is 29.4. The van der Waals surface area contributed by atoms with E-state index in [1.807, 2.05) is 24.0 Å². The van der Waals surface area contributed by atoms with Crippen LogP contribution in [0.2, 0.25) is 20.1 Å². The van der Waals surface area contributed by atoms with Crippen LogP contribution < -0.4 is 20.1 Å². The Labute approximate surface area is 269 Å². The second-order valence-electron chi connectivity index (χ2n) is 10.8. The molecule has 2 N–H and O–H groups in total. The number of carbonyl (C=O) groups is 1. The van der Waals surface area contributed by atoms with E-state index < -0.39 is 0 Å². The number of amides is 1. The first-order valence-corrected chi connectivity index (χ1v) is 16.2. The van der Waals surface area contributed by atoms with E-state index in [0.29, 0.717) is 44.1 Å². The molecule has 2 aliphatic heterocycles. The minimum absolute atomic E-state index is 0.0271. The van der Waals surface area contributed by atoms with E-state index in [1.165, 1.54) is 11.3 Å². The number of aromatic nitrogens is 1. The van der Waals surface area contributed by atoms with Gasteiger partial charge in [0.15, 0.2) is 5.75 Å². The standard InChI is InChI=1S/C30H30Cl4N4O3S/c1-16-9-22(32)28(23(33)10-16)40-7-8-41-30-36-14-25(42-30)20-11-18-12-35-13-24(37-18)26(20)29(39)38(19-5-6-19)15-17-3-2-4-21(31)27(17)34/h2-4,9-10,14,18-19,24,35,37H,5-8,11-13,15H2,1H3/t18-,24-/m1/s1. The molecular formula is C30H30Cl4N4O3S. The normalized spacial score (nSPS) is 20.0. The van der Waals surface area contributed by atoms with Crippen LogP contribution in [0.5, 0.6) is 10.9 Å². The molecule has 1 aliphatic carbocycles. The molecule has 2 fully saturated rings. The van der Waals surface area contributed by atoms with Crippen LogP contribution in [-0.4, -0.2) is 60.2 Å². The molecule has 42 heavy (non-hydrogen) atoms. The second kappa shape index (κ2) is 12.9. The Morgan fingerprint density at radius 1 is 1.07 bits per heavy atom. The van der Waals surface area contributed by atoms with Gasteiger partial charge in [0.2, 0.25) is 0 Å². The van der Waals surface area contributed by atoms with Crippen molar-refractivity contribution in [2.45, 2.75) is 50.9 Å². The molecule has 1 saturated heterocycles. The molecule has 3 aromatic rings. The highest BCUT2D eigenvalue weighted by atomic mass is 35.5. The van der Waals surface area contributed by atoms with Crippen molar-refractivity contribution in [1.82, 2.24) is 20.5 Å². The van der Waals surface area contributed by atoms with Crippen LogP contribution in [0.15, 0.2) is 42.1 Å². The molecule has 1 amide bonds. The number of benzene rings is 2. The maximum atomic E-state index is 14.3. The Morgan fingerprint density at radius 2 is 1.83 bits per heavy atom. The smallest absolute Gasteiger partial charge is 0.273 e. The Hall–Kier alpha value is -2.04. The van der Waals surface area contributed by atoms with Gasteiger partial charge in [-0.2, -0.15) is 0 Å². The maximum Gasteiger partial charge on any atom is 0.273 e. The van der Waals surface area contributed by atoms with Gasteiger partial charge in [-0.25, -0.2) is 4.98 Å². The number of nitrogens with zero attached hydrogens (tertiary/aromatic N) is 2. The number of aryl methyl sites for hydroxylation is 1. The Bertz CT molecular complexity index is 1500. The number of hydrogen-bond acceptors (Lipinski definition) is 7. The predicted octanol–water partition coefficient (Wildman–Crippen LogP) is 6.80. The average molecular weight is 668 g/mol. The van der Waals surface area contributed by atoms with Crippen molar-refractivity contribution >= 4 is 69.2 Å². The summed E-state index contributed by atoms with van der Waals surface area (Å²) in [7, 11) is 0. The number of piperazine rings is 1. The van der Waals surface area contributed by atoms with E-state index in [4.69, 9.17) is 55.9 Å². The summed E-state index contributed by atoms with van der Waals surface area (Å²) in [5.74, 6) is 0.467. The summed E-state index contributed by atoms with van der Waals surface area (Å²) in [6.45, 7) is 4.38. The van der Waals surface area contributed by atoms with Crippen LogP contribution in [0, 0.1) is 6.92 Å². The molecule has 222 valence electrons. The first kappa shape index (κ1) is 30.0. The van der Waals surface area contributed by atoms with Crippen molar-refractivity contribution < 1.29 is 14.3 Å². The fourth-order valence-electron chi connectivity index (χ4n) is 5.52. The molecule has 2 atom stereocenters. The summed E-state index contributed by atoms with van der Waals surface area (Å²) in [6.07, 6.45) is 4.48. The van der Waals surface area contributed by atoms with Crippen LogP contribution in [0.25, 0.3) is 5.57 Å². The van der Waals surface area contributed by atoms with Crippen LogP contribution in [0.3, 0.4) is 0 Å². The quantitative estimate of drug-likeness (QED) is 0.232. The van der Waals surface area contributed by atoms with Crippen LogP contribution >= 0.6 is 57.7 Å². The highest BCUT2D eigenvalue weighted by Crippen LogP contribution is 2.40. The van der Waals surface area contributed by atoms with Crippen LogP contribution in [0.4, 0.5) is 0 Å². The lowest BCUT2D eigenvalue weighted by Crippen LogP contribution is -2.59. The van der Waals surface area contributed by atoms with Crippen molar-refractivity contribution in [1.29, 1.82) is 0 Å². The molecule has 3 heterocycles. The number of carbonyl (C=O) groups excluding carboxylic acids is 1. The van der Waals surface area contributed by atoms with Gasteiger partial charge in [-0.05, 0) is 61.1 Å². The molecule has 6 rings (SSSR count). The van der Waals surface area contributed by atoms with E-state index in [0.717, 1.165) is 53.0 Å². The lowest BCUT2D eigenvalue weighted by atomic mass is 9.86. The third-order valence-corrected chi connectivity index (χ3v) is 10.0. The van der Waals surface area contributed by atoms with Crippen molar-refractivity contribution in [3.05, 3.63) is 78.2 Å². The Kier molecular flexibility index (Phi) is 9.22. The van der Waals surface area contributed by atoms with Crippen molar-refractivity contribution in [3.8, 4) is 10.9 Å². The third kappa shape index (κ3) is 6.55. The number of thiazole rings is 1. The maximum absolute atomic E-state index is 14.3. The summed E-state index contributed by atoms with van der Waals surface area (Å²) in [6, 6.07) is 9.50. The molecule has 3 aliphatic rings. The molecule has 0 radical (unpaired) electrons. The number of ether oxygens (including phenoxy) is 2. The molecule has 7 nitrogen and oxygen atoms in total. The van der Waals surface area contributed by atoms with Gasteiger partial charge in [-0.3, -0.25) is 4.79 Å². The van der Waals surface area contributed by atoms with Crippen molar-refractivity contribution in [2.24, 2.45) is 0 Å². The summed E-state index contributed by atoms with van der Waals surface area (Å²) < 4.78 is 11.7. The van der Waals surface area contributed by atoms with Crippen molar-refractivity contribution in [3.63, 3.8) is 0 Å². The molecule has 2 bridgehead atoms. The molecule has 2 aromatic carbocycles. The average Bonchev–Trinajstić information content (AvgIpc) is 3.69. The van der Waals surface area contributed by atoms with Gasteiger partial charge in [0.25, 0.3) is 11.1 Å². The number of halogens is 4. The zero-order valence-corrected chi connectivity index (χ0v) is 26.7. The van der Waals surface area contributed by atoms with Gasteiger partial charge < -0.3 is 25.0 Å². The van der Waals surface area contributed by atoms with Crippen molar-refractivity contribution in [2.75, 3.05) is 26.3 Å². The van der Waals surface area contributed by atoms with E-state index in [9.17, 15) is 4.79 Å². The first-order chi connectivity index (χ1) is 20.3. The Morgan fingerprint density at radius 3 is 2.60 bits per heavy atom. The lowest BCUT2D eigenvalue weighted by molar-refractivity contribution is -0.128. The molecule has 1 aromatic heterocycles. The molecule has 12 heteroatoms. The second-order valence-corrected chi connectivity index (χ2v) is 13.4.